The first-order chi connectivity index (χ1) is 15.1. The number of aliphatic carboxylic acids is 1. The van der Waals surface area contributed by atoms with Crippen LogP contribution in [-0.2, 0) is 36.3 Å². The summed E-state index contributed by atoms with van der Waals surface area (Å²) in [5.74, 6) is -1.48. The van der Waals surface area contributed by atoms with Gasteiger partial charge in [-0.3, -0.25) is 14.4 Å². The van der Waals surface area contributed by atoms with Crippen molar-refractivity contribution in [3.63, 3.8) is 0 Å². The highest BCUT2D eigenvalue weighted by Crippen LogP contribution is 2.27. The predicted octanol–water partition coefficient (Wildman–Crippen LogP) is 2.40. The minimum atomic E-state index is -5.08. The van der Waals surface area contributed by atoms with Gasteiger partial charge in [0.15, 0.2) is 0 Å². The zero-order chi connectivity index (χ0) is 23.3. The Morgan fingerprint density at radius 3 is 2.56 bits per heavy atom. The summed E-state index contributed by atoms with van der Waals surface area (Å²) in [6.07, 6.45) is 4.21. The fourth-order valence-corrected chi connectivity index (χ4v) is 3.74. The molecule has 1 fully saturated rings. The van der Waals surface area contributed by atoms with E-state index in [4.69, 9.17) is 9.90 Å². The summed E-state index contributed by atoms with van der Waals surface area (Å²) in [5, 5.41) is 14.5. The van der Waals surface area contributed by atoms with E-state index in [-0.39, 0.29) is 5.91 Å². The maximum absolute atomic E-state index is 12.3. The fourth-order valence-electron chi connectivity index (χ4n) is 3.74. The Labute approximate surface area is 184 Å². The fraction of sp³-hybridized carbons (Fsp3) is 0.571. The molecule has 8 nitrogen and oxygen atoms in total. The normalized spacial score (nSPS) is 18.8. The van der Waals surface area contributed by atoms with E-state index in [0.717, 1.165) is 38.6 Å². The standard InChI is InChI=1S/C19H27N5O.C2HF3O2/c1-22-10-17(9-21-22)12-23-11-16(7-19(25)20-8-15-4-5-15)13-24-6-2-3-18(24)14-23;3-2(4,5)1(6)7/h2-3,6,9-10,15-16H,4-5,7-8,11-14H2,1H3,(H,20,25);(H,6,7). The molecule has 4 rings (SSSR count). The maximum Gasteiger partial charge on any atom is 0.490 e. The van der Waals surface area contributed by atoms with Crippen molar-refractivity contribution < 1.29 is 27.9 Å². The topological polar surface area (TPSA) is 92.4 Å². The molecule has 11 heteroatoms. The molecule has 1 amide bonds. The number of aryl methyl sites for hydroxylation is 1. The molecule has 2 N–H and O–H groups in total. The number of carbonyl (C=O) groups excluding carboxylic acids is 1. The molecule has 1 aliphatic heterocycles. The van der Waals surface area contributed by atoms with Crippen molar-refractivity contribution in [2.75, 3.05) is 13.1 Å². The molecule has 0 spiro atoms. The smallest absolute Gasteiger partial charge is 0.475 e. The minimum Gasteiger partial charge on any atom is -0.475 e. The van der Waals surface area contributed by atoms with E-state index >= 15 is 0 Å². The molecule has 1 unspecified atom stereocenters. The monoisotopic (exact) mass is 455 g/mol. The molecule has 2 aromatic rings. The number of amides is 1. The number of nitrogens with zero attached hydrogens (tertiary/aromatic N) is 4. The number of halogens is 3. The number of nitrogens with one attached hydrogen (secondary N) is 1. The number of aromatic nitrogens is 3. The van der Waals surface area contributed by atoms with E-state index in [2.05, 4.69) is 44.4 Å². The van der Waals surface area contributed by atoms with Gasteiger partial charge < -0.3 is 15.0 Å². The lowest BCUT2D eigenvalue weighted by Gasteiger charge is -2.23. The number of alkyl halides is 3. The van der Waals surface area contributed by atoms with Crippen LogP contribution in [0.15, 0.2) is 30.7 Å². The predicted molar refractivity (Wildman–Crippen MR) is 109 cm³/mol. The second-order valence-electron chi connectivity index (χ2n) is 8.46. The lowest BCUT2D eigenvalue weighted by atomic mass is 10.0. The van der Waals surface area contributed by atoms with Crippen LogP contribution < -0.4 is 5.32 Å². The molecular weight excluding hydrogens is 427 g/mol. The number of fused-ring (bicyclic) bond motifs is 1. The SMILES string of the molecule is Cn1cc(CN2Cc3cccn3CC(CC(=O)NCC3CC3)C2)cn1.O=C(O)C(F)(F)F. The van der Waals surface area contributed by atoms with Gasteiger partial charge in [-0.2, -0.15) is 18.3 Å². The number of hydrogen-bond acceptors (Lipinski definition) is 4. The third-order valence-corrected chi connectivity index (χ3v) is 5.45. The molecule has 1 atom stereocenters. The number of carboxylic acids is 1. The van der Waals surface area contributed by atoms with E-state index in [9.17, 15) is 18.0 Å². The molecule has 176 valence electrons. The van der Waals surface area contributed by atoms with Gasteiger partial charge in [-0.05, 0) is 36.8 Å². The lowest BCUT2D eigenvalue weighted by molar-refractivity contribution is -0.192. The Hall–Kier alpha value is -2.82. The summed E-state index contributed by atoms with van der Waals surface area (Å²) in [6.45, 7) is 4.51. The Kier molecular flexibility index (Phi) is 7.60. The summed E-state index contributed by atoms with van der Waals surface area (Å²) < 4.78 is 35.9. The van der Waals surface area contributed by atoms with Crippen molar-refractivity contribution in [3.05, 3.63) is 42.0 Å². The van der Waals surface area contributed by atoms with Crippen molar-refractivity contribution in [2.24, 2.45) is 18.9 Å². The molecule has 0 radical (unpaired) electrons. The largest absolute Gasteiger partial charge is 0.490 e. The zero-order valence-corrected chi connectivity index (χ0v) is 17.9. The van der Waals surface area contributed by atoms with Crippen LogP contribution in [0.3, 0.4) is 0 Å². The van der Waals surface area contributed by atoms with Crippen LogP contribution in [-0.4, -0.2) is 55.5 Å². The van der Waals surface area contributed by atoms with Crippen LogP contribution in [0.5, 0.6) is 0 Å². The van der Waals surface area contributed by atoms with Crippen molar-refractivity contribution in [1.29, 1.82) is 0 Å². The van der Waals surface area contributed by atoms with Gasteiger partial charge >= 0.3 is 12.1 Å². The van der Waals surface area contributed by atoms with Gasteiger partial charge in [0.05, 0.1) is 6.20 Å². The van der Waals surface area contributed by atoms with Gasteiger partial charge in [0.1, 0.15) is 0 Å². The number of hydrogen-bond donors (Lipinski definition) is 2. The summed E-state index contributed by atoms with van der Waals surface area (Å²) >= 11 is 0. The van der Waals surface area contributed by atoms with Crippen molar-refractivity contribution >= 4 is 11.9 Å². The Morgan fingerprint density at radius 2 is 1.97 bits per heavy atom. The van der Waals surface area contributed by atoms with Crippen LogP contribution in [0.1, 0.15) is 30.5 Å². The van der Waals surface area contributed by atoms with E-state index in [1.54, 1.807) is 0 Å². The van der Waals surface area contributed by atoms with Crippen LogP contribution >= 0.6 is 0 Å². The third-order valence-electron chi connectivity index (χ3n) is 5.45. The Balaban J connectivity index is 0.000000360. The summed E-state index contributed by atoms with van der Waals surface area (Å²) in [5.41, 5.74) is 2.55. The quantitative estimate of drug-likeness (QED) is 0.698. The second-order valence-corrected chi connectivity index (χ2v) is 8.46. The van der Waals surface area contributed by atoms with Crippen molar-refractivity contribution in [1.82, 2.24) is 24.6 Å². The van der Waals surface area contributed by atoms with E-state index in [1.807, 2.05) is 17.9 Å². The van der Waals surface area contributed by atoms with Gasteiger partial charge in [0, 0.05) is 69.8 Å². The van der Waals surface area contributed by atoms with Crippen LogP contribution in [0.25, 0.3) is 0 Å². The molecule has 0 bridgehead atoms. The number of rotatable bonds is 6. The molecule has 1 aliphatic carbocycles. The van der Waals surface area contributed by atoms with Crippen LogP contribution in [0.4, 0.5) is 13.2 Å². The molecule has 3 heterocycles. The molecule has 32 heavy (non-hydrogen) atoms. The lowest BCUT2D eigenvalue weighted by Crippen LogP contribution is -2.33. The maximum atomic E-state index is 12.3. The zero-order valence-electron chi connectivity index (χ0n) is 17.9. The van der Waals surface area contributed by atoms with E-state index in [0.29, 0.717) is 12.3 Å². The Bertz CT molecular complexity index is 920. The van der Waals surface area contributed by atoms with Gasteiger partial charge in [-0.15, -0.1) is 0 Å². The summed E-state index contributed by atoms with van der Waals surface area (Å²) in [7, 11) is 1.95. The first kappa shape index (κ1) is 23.8. The van der Waals surface area contributed by atoms with Gasteiger partial charge in [-0.25, -0.2) is 4.79 Å². The highest BCUT2D eigenvalue weighted by atomic mass is 19.4. The van der Waals surface area contributed by atoms with Crippen molar-refractivity contribution in [3.8, 4) is 0 Å². The highest BCUT2D eigenvalue weighted by Gasteiger charge is 2.38. The van der Waals surface area contributed by atoms with Crippen LogP contribution in [0.2, 0.25) is 0 Å². The molecule has 0 aromatic carbocycles. The van der Waals surface area contributed by atoms with E-state index < -0.39 is 12.1 Å². The molecule has 0 saturated heterocycles. The number of carboxylic acid groups (broad SMARTS) is 1. The average Bonchev–Trinajstić information content (AvgIpc) is 3.35. The molecule has 2 aromatic heterocycles. The Morgan fingerprint density at radius 1 is 1.25 bits per heavy atom. The summed E-state index contributed by atoms with van der Waals surface area (Å²) in [6, 6.07) is 4.29. The highest BCUT2D eigenvalue weighted by molar-refractivity contribution is 5.76. The molecular formula is C21H28F3N5O3. The van der Waals surface area contributed by atoms with Gasteiger partial charge in [0.2, 0.25) is 5.91 Å². The third kappa shape index (κ3) is 7.40. The first-order valence-electron chi connectivity index (χ1n) is 10.5. The molecule has 1 saturated carbocycles. The number of carbonyl (C=O) groups is 2. The van der Waals surface area contributed by atoms with Gasteiger partial charge in [-0.1, -0.05) is 0 Å². The summed E-state index contributed by atoms with van der Waals surface area (Å²) in [4.78, 5) is 23.7. The van der Waals surface area contributed by atoms with Crippen molar-refractivity contribution in [2.45, 2.75) is 45.1 Å². The average molecular weight is 455 g/mol. The van der Waals surface area contributed by atoms with Gasteiger partial charge in [0.25, 0.3) is 0 Å². The molecule has 2 aliphatic rings. The minimum absolute atomic E-state index is 0.203. The van der Waals surface area contributed by atoms with E-state index in [1.165, 1.54) is 24.1 Å². The first-order valence-corrected chi connectivity index (χ1v) is 10.5. The second kappa shape index (κ2) is 10.2. The van der Waals surface area contributed by atoms with Crippen LogP contribution in [0, 0.1) is 11.8 Å².